The van der Waals surface area contributed by atoms with Gasteiger partial charge in [-0.3, -0.25) is 14.9 Å². The monoisotopic (exact) mass is 305 g/mol. The Labute approximate surface area is 126 Å². The van der Waals surface area contributed by atoms with Gasteiger partial charge in [-0.15, -0.1) is 0 Å². The maximum Gasteiger partial charge on any atom is 0.269 e. The van der Waals surface area contributed by atoms with Crippen LogP contribution in [0.3, 0.4) is 0 Å². The van der Waals surface area contributed by atoms with Crippen molar-refractivity contribution in [3.63, 3.8) is 0 Å². The summed E-state index contributed by atoms with van der Waals surface area (Å²) in [5, 5.41) is 11.1. The number of non-ortho nitro benzene ring substituents is 1. The van der Waals surface area contributed by atoms with Crippen molar-refractivity contribution >= 4 is 23.1 Å². The summed E-state index contributed by atoms with van der Waals surface area (Å²) in [6.07, 6.45) is -0.701. The summed E-state index contributed by atoms with van der Waals surface area (Å²) in [5.74, 6) is 0.209. The number of hydrogen-bond acceptors (Lipinski definition) is 4. The molecule has 0 saturated heterocycles. The van der Waals surface area contributed by atoms with E-state index in [1.165, 1.54) is 24.3 Å². The standard InChI is InChI=1S/C15H12ClNO4/c1-10(15(18)11-2-4-12(16)5-3-11)21-14-8-6-13(7-9-14)17(19)20/h2-10H,1H3. The molecule has 2 rings (SSSR count). The summed E-state index contributed by atoms with van der Waals surface area (Å²) >= 11 is 5.77. The van der Waals surface area contributed by atoms with Crippen molar-refractivity contribution in [2.24, 2.45) is 0 Å². The number of halogens is 1. The Bertz CT molecular complexity index is 652. The van der Waals surface area contributed by atoms with Gasteiger partial charge in [0.05, 0.1) is 4.92 Å². The first-order valence-electron chi connectivity index (χ1n) is 6.18. The van der Waals surface area contributed by atoms with Crippen LogP contribution in [0.25, 0.3) is 0 Å². The zero-order valence-electron chi connectivity index (χ0n) is 11.2. The van der Waals surface area contributed by atoms with Gasteiger partial charge in [0.25, 0.3) is 5.69 Å². The molecule has 0 N–H and O–H groups in total. The number of Topliss-reactive ketones (excluding diaryl/α,β-unsaturated/α-hetero) is 1. The third kappa shape index (κ3) is 3.79. The van der Waals surface area contributed by atoms with Crippen LogP contribution in [0.15, 0.2) is 48.5 Å². The number of hydrogen-bond donors (Lipinski definition) is 0. The number of ether oxygens (including phenoxy) is 1. The number of rotatable bonds is 5. The van der Waals surface area contributed by atoms with Gasteiger partial charge < -0.3 is 4.74 Å². The molecule has 0 amide bonds. The normalized spacial score (nSPS) is 11.7. The Morgan fingerprint density at radius 1 is 1.14 bits per heavy atom. The second-order valence-electron chi connectivity index (χ2n) is 4.38. The van der Waals surface area contributed by atoms with Crippen molar-refractivity contribution in [1.82, 2.24) is 0 Å². The molecule has 2 aromatic rings. The molecular weight excluding hydrogens is 294 g/mol. The topological polar surface area (TPSA) is 69.4 Å². The summed E-state index contributed by atoms with van der Waals surface area (Å²) in [6.45, 7) is 1.62. The van der Waals surface area contributed by atoms with E-state index in [1.807, 2.05) is 0 Å². The number of ketones is 1. The molecule has 6 heteroatoms. The van der Waals surface area contributed by atoms with Crippen LogP contribution in [0.4, 0.5) is 5.69 Å². The van der Waals surface area contributed by atoms with E-state index in [-0.39, 0.29) is 11.5 Å². The van der Waals surface area contributed by atoms with Gasteiger partial charge in [-0.2, -0.15) is 0 Å². The smallest absolute Gasteiger partial charge is 0.269 e. The van der Waals surface area contributed by atoms with E-state index >= 15 is 0 Å². The van der Waals surface area contributed by atoms with Crippen LogP contribution in [0.1, 0.15) is 17.3 Å². The van der Waals surface area contributed by atoms with Crippen molar-refractivity contribution in [2.45, 2.75) is 13.0 Å². The first kappa shape index (κ1) is 15.0. The van der Waals surface area contributed by atoms with E-state index < -0.39 is 11.0 Å². The van der Waals surface area contributed by atoms with E-state index in [0.29, 0.717) is 16.3 Å². The van der Waals surface area contributed by atoms with Gasteiger partial charge in [0, 0.05) is 22.7 Å². The van der Waals surface area contributed by atoms with E-state index in [9.17, 15) is 14.9 Å². The molecule has 0 fully saturated rings. The summed E-state index contributed by atoms with van der Waals surface area (Å²) in [4.78, 5) is 22.2. The molecule has 108 valence electrons. The molecule has 0 aliphatic heterocycles. The van der Waals surface area contributed by atoms with E-state index in [1.54, 1.807) is 31.2 Å². The minimum atomic E-state index is -0.701. The Balaban J connectivity index is 2.06. The van der Waals surface area contributed by atoms with Gasteiger partial charge >= 0.3 is 0 Å². The zero-order chi connectivity index (χ0) is 15.4. The summed E-state index contributed by atoms with van der Waals surface area (Å²) in [7, 11) is 0. The third-order valence-corrected chi connectivity index (χ3v) is 3.11. The molecule has 1 unspecified atom stereocenters. The zero-order valence-corrected chi connectivity index (χ0v) is 11.9. The SMILES string of the molecule is CC(Oc1ccc([N+](=O)[O-])cc1)C(=O)c1ccc(Cl)cc1. The number of benzene rings is 2. The first-order chi connectivity index (χ1) is 9.97. The first-order valence-corrected chi connectivity index (χ1v) is 6.56. The van der Waals surface area contributed by atoms with Gasteiger partial charge in [-0.25, -0.2) is 0 Å². The van der Waals surface area contributed by atoms with Crippen LogP contribution in [0, 0.1) is 10.1 Å². The fraction of sp³-hybridized carbons (Fsp3) is 0.133. The summed E-state index contributed by atoms with van der Waals surface area (Å²) < 4.78 is 5.49. The maximum absolute atomic E-state index is 12.2. The minimum absolute atomic E-state index is 0.0287. The summed E-state index contributed by atoms with van der Waals surface area (Å²) in [5.41, 5.74) is 0.466. The van der Waals surface area contributed by atoms with Gasteiger partial charge in [-0.05, 0) is 43.3 Å². The molecule has 1 atom stereocenters. The predicted molar refractivity (Wildman–Crippen MR) is 79.0 cm³/mol. The average Bonchev–Trinajstić information content (AvgIpc) is 2.47. The molecule has 0 heterocycles. The Morgan fingerprint density at radius 2 is 1.71 bits per heavy atom. The molecule has 0 radical (unpaired) electrons. The largest absolute Gasteiger partial charge is 0.483 e. The number of carbonyl (C=O) groups excluding carboxylic acids is 1. The van der Waals surface area contributed by atoms with Gasteiger partial charge in [0.1, 0.15) is 5.75 Å². The molecule has 5 nitrogen and oxygen atoms in total. The highest BCUT2D eigenvalue weighted by Crippen LogP contribution is 2.19. The highest BCUT2D eigenvalue weighted by atomic mass is 35.5. The number of nitrogens with zero attached hydrogens (tertiary/aromatic N) is 1. The van der Waals surface area contributed by atoms with Crippen molar-refractivity contribution in [1.29, 1.82) is 0 Å². The predicted octanol–water partition coefficient (Wildman–Crippen LogP) is 3.90. The van der Waals surface area contributed by atoms with Crippen LogP contribution in [-0.4, -0.2) is 16.8 Å². The minimum Gasteiger partial charge on any atom is -0.483 e. The second kappa shape index (κ2) is 6.37. The van der Waals surface area contributed by atoms with Crippen LogP contribution in [0.2, 0.25) is 5.02 Å². The van der Waals surface area contributed by atoms with Gasteiger partial charge in [0.2, 0.25) is 5.78 Å². The summed E-state index contributed by atoms with van der Waals surface area (Å²) in [6, 6.07) is 12.1. The second-order valence-corrected chi connectivity index (χ2v) is 4.82. The van der Waals surface area contributed by atoms with E-state index in [4.69, 9.17) is 16.3 Å². The van der Waals surface area contributed by atoms with E-state index in [2.05, 4.69) is 0 Å². The lowest BCUT2D eigenvalue weighted by atomic mass is 10.1. The highest BCUT2D eigenvalue weighted by molar-refractivity contribution is 6.30. The maximum atomic E-state index is 12.2. The van der Waals surface area contributed by atoms with Crippen molar-refractivity contribution in [2.75, 3.05) is 0 Å². The van der Waals surface area contributed by atoms with Crippen LogP contribution >= 0.6 is 11.6 Å². The lowest BCUT2D eigenvalue weighted by Gasteiger charge is -2.13. The van der Waals surface area contributed by atoms with Crippen molar-refractivity contribution in [3.05, 3.63) is 69.2 Å². The van der Waals surface area contributed by atoms with Gasteiger partial charge in [-0.1, -0.05) is 11.6 Å². The molecule has 0 bridgehead atoms. The molecule has 21 heavy (non-hydrogen) atoms. The molecule has 0 aliphatic carbocycles. The van der Waals surface area contributed by atoms with E-state index in [0.717, 1.165) is 0 Å². The number of nitro benzene ring substituents is 1. The highest BCUT2D eigenvalue weighted by Gasteiger charge is 2.17. The lowest BCUT2D eigenvalue weighted by Crippen LogP contribution is -2.23. The molecular formula is C15H12ClNO4. The van der Waals surface area contributed by atoms with Crippen LogP contribution < -0.4 is 4.74 Å². The Morgan fingerprint density at radius 3 is 2.24 bits per heavy atom. The molecule has 2 aromatic carbocycles. The Kier molecular flexibility index (Phi) is 4.55. The average molecular weight is 306 g/mol. The fourth-order valence-electron chi connectivity index (χ4n) is 1.75. The van der Waals surface area contributed by atoms with Crippen LogP contribution in [-0.2, 0) is 0 Å². The third-order valence-electron chi connectivity index (χ3n) is 2.86. The Hall–Kier alpha value is -2.40. The number of nitro groups is 1. The molecule has 0 aliphatic rings. The van der Waals surface area contributed by atoms with Gasteiger partial charge in [0.15, 0.2) is 6.10 Å². The van der Waals surface area contributed by atoms with Crippen molar-refractivity contribution in [3.8, 4) is 5.75 Å². The fourth-order valence-corrected chi connectivity index (χ4v) is 1.88. The van der Waals surface area contributed by atoms with Crippen molar-refractivity contribution < 1.29 is 14.5 Å². The molecule has 0 spiro atoms. The lowest BCUT2D eigenvalue weighted by molar-refractivity contribution is -0.384. The quantitative estimate of drug-likeness (QED) is 0.477. The van der Waals surface area contributed by atoms with Crippen LogP contribution in [0.5, 0.6) is 5.75 Å². The number of carbonyl (C=O) groups is 1. The molecule has 0 saturated carbocycles. The molecule has 0 aromatic heterocycles.